The molecule has 1 unspecified atom stereocenters. The van der Waals surface area contributed by atoms with Crippen LogP contribution in [0.5, 0.6) is 0 Å². The van der Waals surface area contributed by atoms with Gasteiger partial charge in [-0.05, 0) is 50.3 Å². The van der Waals surface area contributed by atoms with Crippen LogP contribution in [0.4, 0.5) is 4.39 Å². The molecular formula is C17H26FNO. The molecule has 0 aromatic heterocycles. The molecule has 3 heteroatoms. The highest BCUT2D eigenvalue weighted by molar-refractivity contribution is 5.19. The summed E-state index contributed by atoms with van der Waals surface area (Å²) < 4.78 is 13.2. The van der Waals surface area contributed by atoms with Crippen molar-refractivity contribution in [3.05, 3.63) is 35.6 Å². The van der Waals surface area contributed by atoms with Crippen molar-refractivity contribution in [1.82, 2.24) is 5.32 Å². The molecule has 1 aromatic rings. The summed E-state index contributed by atoms with van der Waals surface area (Å²) in [5.74, 6) is 0.365. The van der Waals surface area contributed by atoms with Crippen LogP contribution in [0.25, 0.3) is 0 Å². The number of nitrogens with one attached hydrogen (secondary N) is 1. The molecule has 1 atom stereocenters. The third-order valence-corrected chi connectivity index (χ3v) is 4.61. The molecule has 0 bridgehead atoms. The van der Waals surface area contributed by atoms with E-state index in [0.29, 0.717) is 18.0 Å². The van der Waals surface area contributed by atoms with Crippen LogP contribution in [0.2, 0.25) is 0 Å². The van der Waals surface area contributed by atoms with Crippen LogP contribution in [0.15, 0.2) is 24.3 Å². The fourth-order valence-corrected chi connectivity index (χ4v) is 3.16. The molecule has 0 heterocycles. The Bertz CT molecular complexity index is 427. The van der Waals surface area contributed by atoms with Crippen molar-refractivity contribution in [2.45, 2.75) is 57.6 Å². The highest BCUT2D eigenvalue weighted by Crippen LogP contribution is 2.32. The van der Waals surface area contributed by atoms with Gasteiger partial charge in [0, 0.05) is 12.1 Å². The van der Waals surface area contributed by atoms with Gasteiger partial charge in [0.2, 0.25) is 0 Å². The van der Waals surface area contributed by atoms with Crippen molar-refractivity contribution in [2.24, 2.45) is 5.92 Å². The Labute approximate surface area is 121 Å². The lowest BCUT2D eigenvalue weighted by atomic mass is 9.76. The molecule has 0 spiro atoms. The Kier molecular flexibility index (Phi) is 5.17. The average molecular weight is 279 g/mol. The molecular weight excluding hydrogens is 253 g/mol. The first kappa shape index (κ1) is 15.5. The van der Waals surface area contributed by atoms with Gasteiger partial charge in [0.05, 0.1) is 6.10 Å². The molecule has 2 N–H and O–H groups in total. The molecule has 2 nitrogen and oxygen atoms in total. The Hall–Kier alpha value is -0.930. The monoisotopic (exact) mass is 279 g/mol. The summed E-state index contributed by atoms with van der Waals surface area (Å²) in [6.45, 7) is 4.88. The van der Waals surface area contributed by atoms with Crippen LogP contribution < -0.4 is 5.32 Å². The van der Waals surface area contributed by atoms with Crippen LogP contribution in [0.3, 0.4) is 0 Å². The molecule has 1 fully saturated rings. The molecule has 1 aliphatic carbocycles. The van der Waals surface area contributed by atoms with Crippen LogP contribution in [0, 0.1) is 11.7 Å². The molecule has 0 amide bonds. The minimum atomic E-state index is -0.659. The number of rotatable bonds is 5. The van der Waals surface area contributed by atoms with E-state index in [1.807, 2.05) is 0 Å². The topological polar surface area (TPSA) is 32.3 Å². The maximum atomic E-state index is 13.2. The summed E-state index contributed by atoms with van der Waals surface area (Å²) in [7, 11) is 0. The Balaban J connectivity index is 1.90. The summed E-state index contributed by atoms with van der Waals surface area (Å²) in [4.78, 5) is 0. The zero-order valence-electron chi connectivity index (χ0n) is 12.5. The van der Waals surface area contributed by atoms with Crippen molar-refractivity contribution in [2.75, 3.05) is 6.54 Å². The number of benzene rings is 1. The normalized spacial score (nSPS) is 19.0. The second-order valence-corrected chi connectivity index (χ2v) is 6.51. The van der Waals surface area contributed by atoms with Crippen molar-refractivity contribution >= 4 is 0 Å². The van der Waals surface area contributed by atoms with Crippen LogP contribution in [-0.2, 0) is 0 Å². The summed E-state index contributed by atoms with van der Waals surface area (Å²) in [5.41, 5.74) is 0.659. The summed E-state index contributed by atoms with van der Waals surface area (Å²) >= 11 is 0. The standard InChI is InChI=1S/C17H26FNO/c1-17(2,14-8-4-3-5-9-14)19-12-16(20)13-7-6-10-15(18)11-13/h6-7,10-11,14,16,19-20H,3-5,8-9,12H2,1-2H3. The molecule has 0 radical (unpaired) electrons. The Morgan fingerprint density at radius 3 is 2.65 bits per heavy atom. The van der Waals surface area contributed by atoms with Gasteiger partial charge in [0.25, 0.3) is 0 Å². The Morgan fingerprint density at radius 2 is 2.00 bits per heavy atom. The molecule has 1 saturated carbocycles. The summed E-state index contributed by atoms with van der Waals surface area (Å²) in [5, 5.41) is 13.7. The summed E-state index contributed by atoms with van der Waals surface area (Å²) in [6, 6.07) is 6.21. The van der Waals surface area contributed by atoms with Gasteiger partial charge < -0.3 is 10.4 Å². The average Bonchev–Trinajstić information content (AvgIpc) is 2.46. The summed E-state index contributed by atoms with van der Waals surface area (Å²) in [6.07, 6.45) is 5.82. The number of β-amino-alcohol motifs (C(OH)–C–C–N with tert-alkyl or cyclic N) is 1. The molecule has 1 aromatic carbocycles. The second-order valence-electron chi connectivity index (χ2n) is 6.51. The quantitative estimate of drug-likeness (QED) is 0.859. The number of halogens is 1. The van der Waals surface area contributed by atoms with E-state index in [0.717, 1.165) is 0 Å². The first-order valence-electron chi connectivity index (χ1n) is 7.67. The molecule has 0 saturated heterocycles. The zero-order chi connectivity index (χ0) is 14.6. The lowest BCUT2D eigenvalue weighted by Crippen LogP contribution is -2.48. The minimum Gasteiger partial charge on any atom is -0.387 e. The first-order chi connectivity index (χ1) is 9.49. The lowest BCUT2D eigenvalue weighted by Gasteiger charge is -2.38. The molecule has 0 aliphatic heterocycles. The van der Waals surface area contributed by atoms with Crippen LogP contribution >= 0.6 is 0 Å². The number of hydrogen-bond donors (Lipinski definition) is 2. The smallest absolute Gasteiger partial charge is 0.123 e. The molecule has 1 aliphatic rings. The lowest BCUT2D eigenvalue weighted by molar-refractivity contribution is 0.133. The van der Waals surface area contributed by atoms with Crippen molar-refractivity contribution in [1.29, 1.82) is 0 Å². The highest BCUT2D eigenvalue weighted by atomic mass is 19.1. The second kappa shape index (κ2) is 6.68. The third kappa shape index (κ3) is 4.03. The van der Waals surface area contributed by atoms with E-state index in [1.165, 1.54) is 44.2 Å². The predicted molar refractivity (Wildman–Crippen MR) is 80.0 cm³/mol. The molecule has 2 rings (SSSR count). The maximum Gasteiger partial charge on any atom is 0.123 e. The van der Waals surface area contributed by atoms with Crippen molar-refractivity contribution in [3.63, 3.8) is 0 Å². The van der Waals surface area contributed by atoms with Gasteiger partial charge in [-0.1, -0.05) is 31.4 Å². The first-order valence-corrected chi connectivity index (χ1v) is 7.67. The van der Waals surface area contributed by atoms with Gasteiger partial charge in [-0.25, -0.2) is 4.39 Å². The third-order valence-electron chi connectivity index (χ3n) is 4.61. The number of aliphatic hydroxyl groups is 1. The fraction of sp³-hybridized carbons (Fsp3) is 0.647. The van der Waals surface area contributed by atoms with Crippen LogP contribution in [0.1, 0.15) is 57.6 Å². The minimum absolute atomic E-state index is 0.0225. The largest absolute Gasteiger partial charge is 0.387 e. The fourth-order valence-electron chi connectivity index (χ4n) is 3.16. The van der Waals surface area contributed by atoms with Gasteiger partial charge in [-0.3, -0.25) is 0 Å². The van der Waals surface area contributed by atoms with Gasteiger partial charge in [0.15, 0.2) is 0 Å². The molecule has 20 heavy (non-hydrogen) atoms. The Morgan fingerprint density at radius 1 is 1.30 bits per heavy atom. The van der Waals surface area contributed by atoms with E-state index >= 15 is 0 Å². The SMILES string of the molecule is CC(C)(NCC(O)c1cccc(F)c1)C1CCCCC1. The van der Waals surface area contributed by atoms with E-state index in [4.69, 9.17) is 0 Å². The van der Waals surface area contributed by atoms with E-state index in [-0.39, 0.29) is 11.4 Å². The number of hydrogen-bond acceptors (Lipinski definition) is 2. The van der Waals surface area contributed by atoms with Gasteiger partial charge in [-0.15, -0.1) is 0 Å². The van der Waals surface area contributed by atoms with Gasteiger partial charge >= 0.3 is 0 Å². The van der Waals surface area contributed by atoms with Crippen molar-refractivity contribution < 1.29 is 9.50 Å². The highest BCUT2D eigenvalue weighted by Gasteiger charge is 2.30. The maximum absolute atomic E-state index is 13.2. The molecule has 112 valence electrons. The van der Waals surface area contributed by atoms with Crippen molar-refractivity contribution in [3.8, 4) is 0 Å². The van der Waals surface area contributed by atoms with Crippen LogP contribution in [-0.4, -0.2) is 17.2 Å². The van der Waals surface area contributed by atoms with E-state index in [9.17, 15) is 9.50 Å². The zero-order valence-corrected chi connectivity index (χ0v) is 12.5. The number of aliphatic hydroxyl groups excluding tert-OH is 1. The van der Waals surface area contributed by atoms with E-state index in [1.54, 1.807) is 12.1 Å². The van der Waals surface area contributed by atoms with E-state index < -0.39 is 6.10 Å². The predicted octanol–water partition coefficient (Wildman–Crippen LogP) is 3.81. The van der Waals surface area contributed by atoms with E-state index in [2.05, 4.69) is 19.2 Å². The van der Waals surface area contributed by atoms with Gasteiger partial charge in [-0.2, -0.15) is 0 Å². The van der Waals surface area contributed by atoms with Gasteiger partial charge in [0.1, 0.15) is 5.82 Å².